The molecule has 0 aliphatic heterocycles. The summed E-state index contributed by atoms with van der Waals surface area (Å²) in [6.45, 7) is -1.88. The lowest BCUT2D eigenvalue weighted by molar-refractivity contribution is -0.189. The molecule has 0 saturated heterocycles. The van der Waals surface area contributed by atoms with E-state index in [0.29, 0.717) is 37.0 Å². The maximum Gasteiger partial charge on any atom is 0.408 e. The minimum atomic E-state index is -5.87. The third-order valence-corrected chi connectivity index (χ3v) is 6.53. The Labute approximate surface area is 132 Å². The Morgan fingerprint density at radius 3 is 1.96 bits per heavy atom. The van der Waals surface area contributed by atoms with Crippen molar-refractivity contribution < 1.29 is 35.7 Å². The van der Waals surface area contributed by atoms with Gasteiger partial charge in [0.25, 0.3) is 0 Å². The van der Waals surface area contributed by atoms with E-state index >= 15 is 0 Å². The number of carbonyl (C=O) groups is 1. The van der Waals surface area contributed by atoms with Crippen LogP contribution in [0.2, 0.25) is 0 Å². The number of ether oxygens (including phenoxy) is 1. The molecule has 0 aromatic heterocycles. The summed E-state index contributed by atoms with van der Waals surface area (Å²) in [6.07, 6.45) is 1.79. The molecule has 132 valence electrons. The average Bonchev–Trinajstić information content (AvgIpc) is 2.41. The van der Waals surface area contributed by atoms with Crippen molar-refractivity contribution in [2.45, 2.75) is 49.9 Å². The molecular formula is C14H19F3O5S. The van der Waals surface area contributed by atoms with Crippen molar-refractivity contribution in [3.63, 3.8) is 0 Å². The standard InChI is InChI=1S/C14H19F3O5S/c15-7-11(14(16,17)23(19,20)21)22-12(18)13-4-8-1-9(5-13)3-10(2-8)6-13/h8-11H,1-7H2,(H,19,20,21). The van der Waals surface area contributed by atoms with Crippen molar-refractivity contribution >= 4 is 16.1 Å². The monoisotopic (exact) mass is 356 g/mol. The van der Waals surface area contributed by atoms with Crippen LogP contribution in [-0.2, 0) is 19.6 Å². The second kappa shape index (κ2) is 5.34. The molecule has 0 aromatic carbocycles. The van der Waals surface area contributed by atoms with Gasteiger partial charge in [0.05, 0.1) is 5.41 Å². The first-order valence-corrected chi connectivity index (χ1v) is 9.13. The summed E-state index contributed by atoms with van der Waals surface area (Å²) in [7, 11) is -5.87. The van der Waals surface area contributed by atoms with Gasteiger partial charge < -0.3 is 4.74 Å². The number of hydrogen-bond acceptors (Lipinski definition) is 4. The highest BCUT2D eigenvalue weighted by Crippen LogP contribution is 2.60. The molecule has 0 amide bonds. The zero-order valence-electron chi connectivity index (χ0n) is 12.4. The zero-order chi connectivity index (χ0) is 17.0. The first-order chi connectivity index (χ1) is 10.6. The van der Waals surface area contributed by atoms with Gasteiger partial charge in [-0.25, -0.2) is 4.39 Å². The second-order valence-corrected chi connectivity index (χ2v) is 8.78. The van der Waals surface area contributed by atoms with E-state index < -0.39 is 39.5 Å². The maximum absolute atomic E-state index is 13.6. The molecule has 4 aliphatic carbocycles. The van der Waals surface area contributed by atoms with Gasteiger partial charge in [-0.2, -0.15) is 17.2 Å². The quantitative estimate of drug-likeness (QED) is 0.605. The Balaban J connectivity index is 1.78. The topological polar surface area (TPSA) is 80.7 Å². The van der Waals surface area contributed by atoms with E-state index in [1.54, 1.807) is 0 Å². The SMILES string of the molecule is O=C(OC(CF)C(F)(F)S(=O)(=O)O)C12CC3CC(CC(C3)C1)C2. The summed E-state index contributed by atoms with van der Waals surface area (Å²) in [5.74, 6) is 0.0849. The van der Waals surface area contributed by atoms with Crippen LogP contribution in [0.4, 0.5) is 13.2 Å². The van der Waals surface area contributed by atoms with Gasteiger partial charge in [0.2, 0.25) is 6.10 Å². The Morgan fingerprint density at radius 1 is 1.17 bits per heavy atom. The molecule has 1 atom stereocenters. The normalized spacial score (nSPS) is 37.7. The molecule has 23 heavy (non-hydrogen) atoms. The van der Waals surface area contributed by atoms with Crippen molar-refractivity contribution in [1.29, 1.82) is 0 Å². The van der Waals surface area contributed by atoms with Gasteiger partial charge in [0, 0.05) is 0 Å². The highest BCUT2D eigenvalue weighted by atomic mass is 32.2. The minimum absolute atomic E-state index is 0.347. The third kappa shape index (κ3) is 2.75. The van der Waals surface area contributed by atoms with Crippen LogP contribution in [0.25, 0.3) is 0 Å². The summed E-state index contributed by atoms with van der Waals surface area (Å²) in [4.78, 5) is 12.4. The lowest BCUT2D eigenvalue weighted by Crippen LogP contribution is -2.53. The van der Waals surface area contributed by atoms with E-state index in [4.69, 9.17) is 4.55 Å². The second-order valence-electron chi connectivity index (χ2n) is 7.28. The Hall–Kier alpha value is -0.830. The zero-order valence-corrected chi connectivity index (χ0v) is 13.2. The molecule has 4 aliphatic rings. The predicted octanol–water partition coefficient (Wildman–Crippen LogP) is 2.56. The van der Waals surface area contributed by atoms with Gasteiger partial charge in [-0.3, -0.25) is 9.35 Å². The molecule has 4 rings (SSSR count). The molecule has 4 saturated carbocycles. The fraction of sp³-hybridized carbons (Fsp3) is 0.929. The molecule has 4 fully saturated rings. The first kappa shape index (κ1) is 17.0. The molecule has 0 heterocycles. The van der Waals surface area contributed by atoms with Crippen LogP contribution in [-0.4, -0.2) is 37.0 Å². The van der Waals surface area contributed by atoms with Crippen LogP contribution in [0.1, 0.15) is 38.5 Å². The molecule has 0 spiro atoms. The lowest BCUT2D eigenvalue weighted by Gasteiger charge is -2.55. The van der Waals surface area contributed by atoms with Crippen molar-refractivity contribution in [2.24, 2.45) is 23.2 Å². The van der Waals surface area contributed by atoms with E-state index in [1.807, 2.05) is 0 Å². The summed E-state index contributed by atoms with van der Waals surface area (Å²) in [5, 5.41) is -4.86. The summed E-state index contributed by atoms with van der Waals surface area (Å²) < 4.78 is 74.6. The number of halogens is 3. The van der Waals surface area contributed by atoms with Crippen LogP contribution < -0.4 is 0 Å². The highest BCUT2D eigenvalue weighted by molar-refractivity contribution is 7.86. The van der Waals surface area contributed by atoms with Gasteiger partial charge in [-0.05, 0) is 56.3 Å². The van der Waals surface area contributed by atoms with Crippen LogP contribution in [0.5, 0.6) is 0 Å². The Kier molecular flexibility index (Phi) is 3.95. The minimum Gasteiger partial charge on any atom is -0.451 e. The van der Waals surface area contributed by atoms with E-state index in [-0.39, 0.29) is 0 Å². The van der Waals surface area contributed by atoms with Crippen molar-refractivity contribution in [1.82, 2.24) is 0 Å². The van der Waals surface area contributed by atoms with Gasteiger partial charge in [-0.1, -0.05) is 0 Å². The third-order valence-electron chi connectivity index (χ3n) is 5.58. The Bertz CT molecular complexity index is 568. The van der Waals surface area contributed by atoms with E-state index in [9.17, 15) is 26.4 Å². The fourth-order valence-electron chi connectivity index (χ4n) is 4.97. The van der Waals surface area contributed by atoms with E-state index in [2.05, 4.69) is 4.74 Å². The molecule has 0 radical (unpaired) electrons. The van der Waals surface area contributed by atoms with Crippen LogP contribution >= 0.6 is 0 Å². The van der Waals surface area contributed by atoms with Crippen molar-refractivity contribution in [3.05, 3.63) is 0 Å². The highest BCUT2D eigenvalue weighted by Gasteiger charge is 2.59. The van der Waals surface area contributed by atoms with Gasteiger partial charge in [-0.15, -0.1) is 0 Å². The summed E-state index contributed by atoms with van der Waals surface area (Å²) >= 11 is 0. The summed E-state index contributed by atoms with van der Waals surface area (Å²) in [6, 6.07) is 0. The smallest absolute Gasteiger partial charge is 0.408 e. The number of alkyl halides is 3. The number of carbonyl (C=O) groups excluding carboxylic acids is 1. The van der Waals surface area contributed by atoms with Gasteiger partial charge >= 0.3 is 21.3 Å². The summed E-state index contributed by atoms with van der Waals surface area (Å²) in [5.41, 5.74) is -0.905. The van der Waals surface area contributed by atoms with Crippen LogP contribution in [0.15, 0.2) is 0 Å². The van der Waals surface area contributed by atoms with Gasteiger partial charge in [0.15, 0.2) is 0 Å². The largest absolute Gasteiger partial charge is 0.451 e. The molecule has 0 aromatic rings. The first-order valence-electron chi connectivity index (χ1n) is 7.69. The average molecular weight is 356 g/mol. The molecule has 5 nitrogen and oxygen atoms in total. The predicted molar refractivity (Wildman–Crippen MR) is 73.0 cm³/mol. The number of esters is 1. The number of hydrogen-bond donors (Lipinski definition) is 1. The fourth-order valence-corrected chi connectivity index (χ4v) is 5.41. The lowest BCUT2D eigenvalue weighted by atomic mass is 9.49. The molecule has 9 heteroatoms. The Morgan fingerprint density at radius 2 is 1.61 bits per heavy atom. The molecule has 1 N–H and O–H groups in total. The maximum atomic E-state index is 13.6. The van der Waals surface area contributed by atoms with Gasteiger partial charge in [0.1, 0.15) is 6.67 Å². The van der Waals surface area contributed by atoms with Crippen LogP contribution in [0.3, 0.4) is 0 Å². The van der Waals surface area contributed by atoms with E-state index in [1.165, 1.54) is 0 Å². The van der Waals surface area contributed by atoms with E-state index in [0.717, 1.165) is 19.3 Å². The molecule has 4 bridgehead atoms. The number of rotatable bonds is 5. The van der Waals surface area contributed by atoms with Crippen molar-refractivity contribution in [2.75, 3.05) is 6.67 Å². The van der Waals surface area contributed by atoms with Crippen molar-refractivity contribution in [3.8, 4) is 0 Å². The molecule has 1 unspecified atom stereocenters. The van der Waals surface area contributed by atoms with Crippen LogP contribution in [0, 0.1) is 23.2 Å². The molecular weight excluding hydrogens is 337 g/mol.